The van der Waals surface area contributed by atoms with Crippen LogP contribution in [0, 0.1) is 11.3 Å². The lowest BCUT2D eigenvalue weighted by Gasteiger charge is -2.23. The van der Waals surface area contributed by atoms with Crippen LogP contribution in [0.15, 0.2) is 0 Å². The molecule has 0 saturated carbocycles. The largest absolute Gasteiger partial charge is 0.481 e. The van der Waals surface area contributed by atoms with Crippen LogP contribution < -0.4 is 16.0 Å². The van der Waals surface area contributed by atoms with Crippen molar-refractivity contribution in [3.8, 4) is 0 Å². The van der Waals surface area contributed by atoms with Crippen LogP contribution in [-0.4, -0.2) is 42.6 Å². The summed E-state index contributed by atoms with van der Waals surface area (Å²) in [7, 11) is 0. The van der Waals surface area contributed by atoms with E-state index in [1.165, 1.54) is 0 Å². The first-order valence-electron chi connectivity index (χ1n) is 7.23. The van der Waals surface area contributed by atoms with Gasteiger partial charge < -0.3 is 21.1 Å². The van der Waals surface area contributed by atoms with Crippen LogP contribution in [0.2, 0.25) is 0 Å². The summed E-state index contributed by atoms with van der Waals surface area (Å²) in [5.74, 6) is -0.681. The van der Waals surface area contributed by atoms with Gasteiger partial charge in [0.15, 0.2) is 0 Å². The number of hydrogen-bond acceptors (Lipinski definition) is 3. The Bertz CT molecular complexity index is 371. The lowest BCUT2D eigenvalue weighted by Crippen LogP contribution is -2.45. The molecule has 1 unspecified atom stereocenters. The van der Waals surface area contributed by atoms with Gasteiger partial charge in [0.05, 0.1) is 5.41 Å². The molecule has 0 spiro atoms. The molecular formula is C14H27N3O4. The summed E-state index contributed by atoms with van der Waals surface area (Å²) in [5, 5.41) is 16.9. The number of aliphatic carboxylic acids is 1. The maximum Gasteiger partial charge on any atom is 0.314 e. The van der Waals surface area contributed by atoms with Gasteiger partial charge >= 0.3 is 12.0 Å². The van der Waals surface area contributed by atoms with E-state index in [-0.39, 0.29) is 25.4 Å². The van der Waals surface area contributed by atoms with E-state index in [0.29, 0.717) is 18.9 Å². The number of carbonyl (C=O) groups is 3. The van der Waals surface area contributed by atoms with E-state index in [1.54, 1.807) is 13.8 Å². The first-order chi connectivity index (χ1) is 9.71. The van der Waals surface area contributed by atoms with E-state index in [9.17, 15) is 14.4 Å². The van der Waals surface area contributed by atoms with E-state index in [2.05, 4.69) is 16.0 Å². The summed E-state index contributed by atoms with van der Waals surface area (Å²) < 4.78 is 0. The van der Waals surface area contributed by atoms with E-state index in [4.69, 9.17) is 5.11 Å². The topological polar surface area (TPSA) is 108 Å². The maximum absolute atomic E-state index is 11.5. The van der Waals surface area contributed by atoms with Crippen molar-refractivity contribution in [3.05, 3.63) is 0 Å². The highest BCUT2D eigenvalue weighted by Crippen LogP contribution is 2.19. The zero-order chi connectivity index (χ0) is 16.5. The van der Waals surface area contributed by atoms with Crippen LogP contribution >= 0.6 is 0 Å². The van der Waals surface area contributed by atoms with Gasteiger partial charge in [-0.05, 0) is 19.3 Å². The molecule has 0 aliphatic heterocycles. The van der Waals surface area contributed by atoms with Crippen molar-refractivity contribution >= 4 is 17.9 Å². The Balaban J connectivity index is 3.91. The number of nitrogens with one attached hydrogen (secondary N) is 3. The molecule has 0 bridgehead atoms. The molecule has 0 aliphatic rings. The fourth-order valence-corrected chi connectivity index (χ4v) is 1.39. The molecule has 0 fully saturated rings. The minimum absolute atomic E-state index is 0.0458. The summed E-state index contributed by atoms with van der Waals surface area (Å²) in [4.78, 5) is 34.0. The molecule has 0 heterocycles. The van der Waals surface area contributed by atoms with Gasteiger partial charge in [0.25, 0.3) is 0 Å². The van der Waals surface area contributed by atoms with Crippen molar-refractivity contribution in [2.24, 2.45) is 11.3 Å². The molecule has 0 aromatic heterocycles. The molecule has 122 valence electrons. The summed E-state index contributed by atoms with van der Waals surface area (Å²) in [6.07, 6.45) is 0.615. The van der Waals surface area contributed by atoms with Crippen molar-refractivity contribution in [3.63, 3.8) is 0 Å². The second-order valence-corrected chi connectivity index (χ2v) is 5.78. The Kier molecular flexibility index (Phi) is 8.42. The molecule has 0 aromatic rings. The van der Waals surface area contributed by atoms with Crippen molar-refractivity contribution in [1.29, 1.82) is 0 Å². The predicted octanol–water partition coefficient (Wildman–Crippen LogP) is 0.949. The van der Waals surface area contributed by atoms with Gasteiger partial charge in [0, 0.05) is 26.1 Å². The SMILES string of the molecule is CCC(C)(CNC(=O)NCCC(=O)NCC(C)C)C(=O)O. The number of carbonyl (C=O) groups excluding carboxylic acids is 2. The average Bonchev–Trinajstić information content (AvgIpc) is 2.42. The summed E-state index contributed by atoms with van der Waals surface area (Å²) in [6.45, 7) is 8.20. The first kappa shape index (κ1) is 19.2. The lowest BCUT2D eigenvalue weighted by atomic mass is 9.88. The second-order valence-electron chi connectivity index (χ2n) is 5.78. The standard InChI is InChI=1S/C14H27N3O4/c1-5-14(4,12(19)20)9-17-13(21)15-7-6-11(18)16-8-10(2)3/h10H,5-9H2,1-4H3,(H,16,18)(H,19,20)(H2,15,17,21). The summed E-state index contributed by atoms with van der Waals surface area (Å²) in [5.41, 5.74) is -0.980. The number of amides is 3. The minimum Gasteiger partial charge on any atom is -0.481 e. The molecule has 21 heavy (non-hydrogen) atoms. The summed E-state index contributed by atoms with van der Waals surface area (Å²) >= 11 is 0. The first-order valence-corrected chi connectivity index (χ1v) is 7.23. The molecule has 0 rings (SSSR count). The third-order valence-electron chi connectivity index (χ3n) is 3.28. The van der Waals surface area contributed by atoms with Crippen molar-refractivity contribution in [2.75, 3.05) is 19.6 Å². The number of urea groups is 1. The van der Waals surface area contributed by atoms with E-state index < -0.39 is 17.4 Å². The number of hydrogen-bond donors (Lipinski definition) is 4. The Morgan fingerprint density at radius 3 is 2.24 bits per heavy atom. The quantitative estimate of drug-likeness (QED) is 0.508. The smallest absolute Gasteiger partial charge is 0.314 e. The van der Waals surface area contributed by atoms with Crippen LogP contribution in [-0.2, 0) is 9.59 Å². The zero-order valence-corrected chi connectivity index (χ0v) is 13.3. The van der Waals surface area contributed by atoms with Gasteiger partial charge in [0.1, 0.15) is 0 Å². The third-order valence-corrected chi connectivity index (χ3v) is 3.28. The van der Waals surface area contributed by atoms with Crippen molar-refractivity contribution in [1.82, 2.24) is 16.0 Å². The average molecular weight is 301 g/mol. The molecule has 0 radical (unpaired) electrons. The van der Waals surface area contributed by atoms with E-state index >= 15 is 0 Å². The van der Waals surface area contributed by atoms with E-state index in [0.717, 1.165) is 0 Å². The molecule has 1 atom stereocenters. The van der Waals surface area contributed by atoms with Gasteiger partial charge in [0.2, 0.25) is 5.91 Å². The molecule has 0 saturated heterocycles. The van der Waals surface area contributed by atoms with Crippen LogP contribution in [0.1, 0.15) is 40.5 Å². The van der Waals surface area contributed by atoms with Crippen LogP contribution in [0.5, 0.6) is 0 Å². The normalized spacial score (nSPS) is 13.4. The van der Waals surface area contributed by atoms with Crippen molar-refractivity contribution < 1.29 is 19.5 Å². The molecular weight excluding hydrogens is 274 g/mol. The Morgan fingerprint density at radius 2 is 1.76 bits per heavy atom. The van der Waals surface area contributed by atoms with Gasteiger partial charge in [-0.15, -0.1) is 0 Å². The molecule has 4 N–H and O–H groups in total. The zero-order valence-electron chi connectivity index (χ0n) is 13.3. The molecule has 7 nitrogen and oxygen atoms in total. The maximum atomic E-state index is 11.5. The molecule has 7 heteroatoms. The van der Waals surface area contributed by atoms with Gasteiger partial charge in [-0.25, -0.2) is 4.79 Å². The summed E-state index contributed by atoms with van der Waals surface area (Å²) in [6, 6.07) is -0.465. The van der Waals surface area contributed by atoms with Crippen LogP contribution in [0.3, 0.4) is 0 Å². The fourth-order valence-electron chi connectivity index (χ4n) is 1.39. The number of rotatable bonds is 9. The molecule has 0 aliphatic carbocycles. The highest BCUT2D eigenvalue weighted by atomic mass is 16.4. The van der Waals surface area contributed by atoms with Crippen LogP contribution in [0.4, 0.5) is 4.79 Å². The molecule has 0 aromatic carbocycles. The number of carboxylic acids is 1. The van der Waals surface area contributed by atoms with Gasteiger partial charge in [-0.2, -0.15) is 0 Å². The third kappa shape index (κ3) is 8.16. The van der Waals surface area contributed by atoms with Gasteiger partial charge in [-0.3, -0.25) is 9.59 Å². The van der Waals surface area contributed by atoms with Gasteiger partial charge in [-0.1, -0.05) is 20.8 Å². The van der Waals surface area contributed by atoms with Crippen molar-refractivity contribution in [2.45, 2.75) is 40.5 Å². The lowest BCUT2D eigenvalue weighted by molar-refractivity contribution is -0.147. The second kappa shape index (κ2) is 9.20. The monoisotopic (exact) mass is 301 g/mol. The molecule has 3 amide bonds. The van der Waals surface area contributed by atoms with E-state index in [1.807, 2.05) is 13.8 Å². The Morgan fingerprint density at radius 1 is 1.14 bits per heavy atom. The highest BCUT2D eigenvalue weighted by Gasteiger charge is 2.31. The fraction of sp³-hybridized carbons (Fsp3) is 0.786. The van der Waals surface area contributed by atoms with Crippen LogP contribution in [0.25, 0.3) is 0 Å². The Hall–Kier alpha value is -1.79. The Labute approximate surface area is 125 Å². The number of carboxylic acid groups (broad SMARTS) is 1. The predicted molar refractivity (Wildman–Crippen MR) is 79.9 cm³/mol. The highest BCUT2D eigenvalue weighted by molar-refractivity contribution is 5.79. The minimum atomic E-state index is -0.980.